The summed E-state index contributed by atoms with van der Waals surface area (Å²) in [5.41, 5.74) is 0. The minimum absolute atomic E-state index is 0.0385. The molecule has 0 radical (unpaired) electrons. The van der Waals surface area contributed by atoms with Crippen molar-refractivity contribution >= 4 is 26.5 Å². The van der Waals surface area contributed by atoms with E-state index in [0.717, 1.165) is 16.4 Å². The molecule has 0 aliphatic rings. The Labute approximate surface area is 102 Å². The molecule has 0 fully saturated rings. The number of nitrogens with zero attached hydrogens (tertiary/aromatic N) is 2. The van der Waals surface area contributed by atoms with Crippen LogP contribution < -0.4 is 4.31 Å². The lowest BCUT2D eigenvalue weighted by molar-refractivity contribution is 0.593. The molecule has 2 rings (SSSR count). The van der Waals surface area contributed by atoms with E-state index in [2.05, 4.69) is 4.98 Å². The Morgan fingerprint density at radius 1 is 1.29 bits per heavy atom. The molecule has 4 nitrogen and oxygen atoms in total. The number of thiazole rings is 1. The van der Waals surface area contributed by atoms with Gasteiger partial charge in [-0.3, -0.25) is 0 Å². The van der Waals surface area contributed by atoms with Gasteiger partial charge in [0.15, 0.2) is 5.13 Å². The number of aromatic nitrogens is 1. The average Bonchev–Trinajstić information content (AvgIpc) is 2.82. The molecular weight excluding hydrogens is 263 g/mol. The summed E-state index contributed by atoms with van der Waals surface area (Å²) in [6.45, 7) is 0. The molecule has 1 heterocycles. The number of anilines is 1. The van der Waals surface area contributed by atoms with Crippen molar-refractivity contribution in [3.63, 3.8) is 0 Å². The highest BCUT2D eigenvalue weighted by Gasteiger charge is 2.22. The van der Waals surface area contributed by atoms with Crippen molar-refractivity contribution in [1.29, 1.82) is 0 Å². The number of sulfonamides is 1. The molecule has 0 amide bonds. The summed E-state index contributed by atoms with van der Waals surface area (Å²) in [6.07, 6.45) is 1.52. The summed E-state index contributed by atoms with van der Waals surface area (Å²) in [5, 5.41) is 2.06. The van der Waals surface area contributed by atoms with Gasteiger partial charge in [-0.1, -0.05) is 0 Å². The molecule has 0 unspecified atom stereocenters. The lowest BCUT2D eigenvalue weighted by atomic mass is 10.4. The minimum Gasteiger partial charge on any atom is -0.244 e. The van der Waals surface area contributed by atoms with Crippen LogP contribution in [0.5, 0.6) is 0 Å². The Balaban J connectivity index is 2.40. The molecule has 0 spiro atoms. The maximum absolute atomic E-state index is 12.7. The van der Waals surface area contributed by atoms with Crippen LogP contribution in [0.15, 0.2) is 40.7 Å². The second-order valence-corrected chi connectivity index (χ2v) is 6.08. The molecule has 7 heteroatoms. The molecule has 0 atom stereocenters. The third-order valence-corrected chi connectivity index (χ3v) is 4.89. The number of hydrogen-bond donors (Lipinski definition) is 0. The standard InChI is InChI=1S/C10H9FN2O2S2/c1-13(10-12-6-7-16-10)17(14,15)9-4-2-8(11)3-5-9/h2-7H,1H3. The van der Waals surface area contributed by atoms with Crippen LogP contribution >= 0.6 is 11.3 Å². The number of benzene rings is 1. The van der Waals surface area contributed by atoms with E-state index in [0.29, 0.717) is 5.13 Å². The maximum atomic E-state index is 12.7. The molecule has 0 saturated carbocycles. The fourth-order valence-electron chi connectivity index (χ4n) is 1.24. The fraction of sp³-hybridized carbons (Fsp3) is 0.100. The SMILES string of the molecule is CN(c1nccs1)S(=O)(=O)c1ccc(F)cc1. The monoisotopic (exact) mass is 272 g/mol. The summed E-state index contributed by atoms with van der Waals surface area (Å²) in [7, 11) is -2.25. The molecule has 0 bridgehead atoms. The van der Waals surface area contributed by atoms with Crippen molar-refractivity contribution in [3.05, 3.63) is 41.7 Å². The van der Waals surface area contributed by atoms with Crippen LogP contribution in [-0.2, 0) is 10.0 Å². The second kappa shape index (κ2) is 4.42. The Kier molecular flexibility index (Phi) is 3.12. The Hall–Kier alpha value is -1.47. The highest BCUT2D eigenvalue weighted by molar-refractivity contribution is 7.93. The van der Waals surface area contributed by atoms with Gasteiger partial charge in [0.2, 0.25) is 0 Å². The Morgan fingerprint density at radius 2 is 1.94 bits per heavy atom. The van der Waals surface area contributed by atoms with Gasteiger partial charge >= 0.3 is 0 Å². The molecule has 0 saturated heterocycles. The number of hydrogen-bond acceptors (Lipinski definition) is 4. The highest BCUT2D eigenvalue weighted by Crippen LogP contribution is 2.23. The van der Waals surface area contributed by atoms with E-state index in [1.54, 1.807) is 5.38 Å². The third-order valence-electron chi connectivity index (χ3n) is 2.16. The second-order valence-electron chi connectivity index (χ2n) is 3.24. The van der Waals surface area contributed by atoms with Gasteiger partial charge in [-0.15, -0.1) is 11.3 Å². The van der Waals surface area contributed by atoms with E-state index < -0.39 is 15.8 Å². The van der Waals surface area contributed by atoms with Crippen LogP contribution in [-0.4, -0.2) is 20.4 Å². The van der Waals surface area contributed by atoms with E-state index >= 15 is 0 Å². The van der Waals surface area contributed by atoms with E-state index in [9.17, 15) is 12.8 Å². The normalized spacial score (nSPS) is 11.4. The third kappa shape index (κ3) is 2.29. The predicted octanol–water partition coefficient (Wildman–Crippen LogP) is 2.11. The van der Waals surface area contributed by atoms with Crippen molar-refractivity contribution in [2.75, 3.05) is 11.4 Å². The van der Waals surface area contributed by atoms with Crippen molar-refractivity contribution in [2.45, 2.75) is 4.90 Å². The van der Waals surface area contributed by atoms with Crippen LogP contribution in [0.25, 0.3) is 0 Å². The first kappa shape index (κ1) is 12.0. The van der Waals surface area contributed by atoms with E-state index in [1.807, 2.05) is 0 Å². The largest absolute Gasteiger partial charge is 0.265 e. The lowest BCUT2D eigenvalue weighted by Gasteiger charge is -2.15. The zero-order valence-corrected chi connectivity index (χ0v) is 10.5. The van der Waals surface area contributed by atoms with Crippen LogP contribution in [0.3, 0.4) is 0 Å². The van der Waals surface area contributed by atoms with Crippen molar-refractivity contribution in [1.82, 2.24) is 4.98 Å². The van der Waals surface area contributed by atoms with E-state index in [-0.39, 0.29) is 4.90 Å². The predicted molar refractivity (Wildman–Crippen MR) is 64.1 cm³/mol. The first-order valence-electron chi connectivity index (χ1n) is 4.66. The minimum atomic E-state index is -3.66. The van der Waals surface area contributed by atoms with Gasteiger partial charge in [-0.2, -0.15) is 0 Å². The van der Waals surface area contributed by atoms with Gasteiger partial charge in [0.1, 0.15) is 5.82 Å². The summed E-state index contributed by atoms with van der Waals surface area (Å²) < 4.78 is 38.0. The smallest absolute Gasteiger partial charge is 0.244 e. The van der Waals surface area contributed by atoms with Gasteiger partial charge in [0.05, 0.1) is 4.90 Å². The molecule has 1 aromatic heterocycles. The summed E-state index contributed by atoms with van der Waals surface area (Å²) in [5.74, 6) is -0.471. The Morgan fingerprint density at radius 3 is 2.47 bits per heavy atom. The van der Waals surface area contributed by atoms with E-state index in [1.165, 1.54) is 36.7 Å². The maximum Gasteiger partial charge on any atom is 0.265 e. The molecule has 0 N–H and O–H groups in total. The summed E-state index contributed by atoms with van der Waals surface area (Å²) >= 11 is 1.22. The van der Waals surface area contributed by atoms with Gasteiger partial charge in [-0.05, 0) is 24.3 Å². The van der Waals surface area contributed by atoms with Crippen molar-refractivity contribution in [3.8, 4) is 0 Å². The Bertz CT molecular complexity index is 594. The molecule has 0 aliphatic carbocycles. The fourth-order valence-corrected chi connectivity index (χ4v) is 3.22. The van der Waals surface area contributed by atoms with Crippen molar-refractivity contribution in [2.24, 2.45) is 0 Å². The zero-order valence-electron chi connectivity index (χ0n) is 8.87. The topological polar surface area (TPSA) is 50.3 Å². The average molecular weight is 272 g/mol. The van der Waals surface area contributed by atoms with Crippen LogP contribution in [0.2, 0.25) is 0 Å². The van der Waals surface area contributed by atoms with Crippen molar-refractivity contribution < 1.29 is 12.8 Å². The molecular formula is C10H9FN2O2S2. The summed E-state index contributed by atoms with van der Waals surface area (Å²) in [6, 6.07) is 4.69. The molecule has 0 aliphatic heterocycles. The molecule has 2 aromatic rings. The molecule has 1 aromatic carbocycles. The zero-order chi connectivity index (χ0) is 12.5. The van der Waals surface area contributed by atoms with Crippen LogP contribution in [0.4, 0.5) is 9.52 Å². The number of halogens is 1. The van der Waals surface area contributed by atoms with Crippen LogP contribution in [0.1, 0.15) is 0 Å². The lowest BCUT2D eigenvalue weighted by Crippen LogP contribution is -2.26. The van der Waals surface area contributed by atoms with Gasteiger partial charge in [0.25, 0.3) is 10.0 Å². The first-order chi connectivity index (χ1) is 8.01. The molecule has 17 heavy (non-hydrogen) atoms. The van der Waals surface area contributed by atoms with Crippen LogP contribution in [0, 0.1) is 5.82 Å². The number of rotatable bonds is 3. The molecule has 90 valence electrons. The summed E-state index contributed by atoms with van der Waals surface area (Å²) in [4.78, 5) is 3.96. The highest BCUT2D eigenvalue weighted by atomic mass is 32.2. The van der Waals surface area contributed by atoms with Gasteiger partial charge < -0.3 is 0 Å². The van der Waals surface area contributed by atoms with E-state index in [4.69, 9.17) is 0 Å². The van der Waals surface area contributed by atoms with Gasteiger partial charge in [0, 0.05) is 18.6 Å². The quantitative estimate of drug-likeness (QED) is 0.860. The first-order valence-corrected chi connectivity index (χ1v) is 6.98. The van der Waals surface area contributed by atoms with Gasteiger partial charge in [-0.25, -0.2) is 22.1 Å².